The zero-order valence-electron chi connectivity index (χ0n) is 17.0. The topological polar surface area (TPSA) is 105 Å². The van der Waals surface area contributed by atoms with Crippen molar-refractivity contribution in [3.63, 3.8) is 0 Å². The van der Waals surface area contributed by atoms with Gasteiger partial charge in [0.2, 0.25) is 12.3 Å². The summed E-state index contributed by atoms with van der Waals surface area (Å²) in [5.74, 6) is -0.322. The van der Waals surface area contributed by atoms with Crippen LogP contribution in [0.4, 0.5) is 10.2 Å². The number of anilines is 1. The van der Waals surface area contributed by atoms with Crippen LogP contribution in [0, 0.1) is 23.1 Å². The van der Waals surface area contributed by atoms with Gasteiger partial charge < -0.3 is 10.5 Å². The minimum atomic E-state index is -0.528. The monoisotopic (exact) mass is 416 g/mol. The molecular weight excluding hydrogens is 397 g/mol. The fraction of sp³-hybridized carbons (Fsp3) is 0.227. The van der Waals surface area contributed by atoms with Crippen LogP contribution < -0.4 is 10.5 Å². The molecule has 0 saturated carbocycles. The van der Waals surface area contributed by atoms with Gasteiger partial charge in [-0.3, -0.25) is 4.68 Å². The molecule has 2 aromatic heterocycles. The van der Waals surface area contributed by atoms with E-state index in [-0.39, 0.29) is 11.6 Å². The number of nitrogens with two attached hydrogens (primary N) is 1. The van der Waals surface area contributed by atoms with Gasteiger partial charge in [-0.15, -0.1) is 0 Å². The minimum Gasteiger partial charge on any atom is -0.482 e. The van der Waals surface area contributed by atoms with Gasteiger partial charge in [0.25, 0.3) is 0 Å². The fourth-order valence-electron chi connectivity index (χ4n) is 4.06. The first-order valence-corrected chi connectivity index (χ1v) is 9.77. The van der Waals surface area contributed by atoms with Crippen LogP contribution in [0.5, 0.6) is 5.75 Å². The molecule has 154 valence electrons. The number of hydrogen-bond donors (Lipinski definition) is 1. The van der Waals surface area contributed by atoms with Crippen LogP contribution in [0.1, 0.15) is 29.7 Å². The summed E-state index contributed by atoms with van der Waals surface area (Å²) in [5.41, 5.74) is 10.4. The highest BCUT2D eigenvalue weighted by Crippen LogP contribution is 2.35. The Bertz CT molecular complexity index is 1320. The predicted octanol–water partition coefficient (Wildman–Crippen LogP) is 2.80. The van der Waals surface area contributed by atoms with Crippen molar-refractivity contribution in [2.45, 2.75) is 19.6 Å². The predicted molar refractivity (Wildman–Crippen MR) is 112 cm³/mol. The van der Waals surface area contributed by atoms with E-state index in [1.165, 1.54) is 12.1 Å². The Balaban J connectivity index is 1.80. The molecule has 0 fully saturated rings. The van der Waals surface area contributed by atoms with Gasteiger partial charge in [-0.2, -0.15) is 10.4 Å². The van der Waals surface area contributed by atoms with Crippen LogP contribution >= 0.6 is 0 Å². The van der Waals surface area contributed by atoms with E-state index in [2.05, 4.69) is 21.3 Å². The summed E-state index contributed by atoms with van der Waals surface area (Å²) in [6.07, 6.45) is 4.59. The van der Waals surface area contributed by atoms with Crippen molar-refractivity contribution >= 4 is 17.7 Å². The molecule has 2 bridgehead atoms. The van der Waals surface area contributed by atoms with Crippen LogP contribution in [0.3, 0.4) is 0 Å². The van der Waals surface area contributed by atoms with E-state index in [9.17, 15) is 9.65 Å². The summed E-state index contributed by atoms with van der Waals surface area (Å²) in [5, 5.41) is 18.8. The van der Waals surface area contributed by atoms with Gasteiger partial charge in [0, 0.05) is 30.6 Å². The van der Waals surface area contributed by atoms with Gasteiger partial charge in [0.1, 0.15) is 17.6 Å². The van der Waals surface area contributed by atoms with Crippen molar-refractivity contribution in [2.24, 2.45) is 18.1 Å². The molecule has 0 aliphatic carbocycles. The second-order valence-electron chi connectivity index (χ2n) is 7.59. The van der Waals surface area contributed by atoms with Crippen LogP contribution in [-0.4, -0.2) is 31.4 Å². The second-order valence-corrected chi connectivity index (χ2v) is 7.59. The smallest absolute Gasteiger partial charge is 0.240 e. The van der Waals surface area contributed by atoms with Crippen molar-refractivity contribution in [2.75, 3.05) is 5.73 Å². The Morgan fingerprint density at radius 3 is 3.00 bits per heavy atom. The van der Waals surface area contributed by atoms with Crippen molar-refractivity contribution in [3.8, 4) is 23.1 Å². The van der Waals surface area contributed by atoms with E-state index >= 15 is 0 Å². The number of rotatable bonds is 0. The summed E-state index contributed by atoms with van der Waals surface area (Å²) in [7, 11) is 1.83. The number of ether oxygens (including phenoxy) is 1. The molecule has 1 unspecified atom stereocenters. The SMILES string of the molecule is C[C@H]1Oc2cc(cnc2N)C2=[N+](Cc3cn(C)nc3-c3ccc(F)cc31)N=CC2C#N. The van der Waals surface area contributed by atoms with Crippen LogP contribution in [0.25, 0.3) is 11.3 Å². The lowest BCUT2D eigenvalue weighted by Crippen LogP contribution is -2.21. The number of aryl methyl sites for hydroxylation is 1. The Kier molecular flexibility index (Phi) is 4.29. The zero-order valence-corrected chi connectivity index (χ0v) is 17.0. The summed E-state index contributed by atoms with van der Waals surface area (Å²) < 4.78 is 23.8. The number of hydrazone groups is 1. The van der Waals surface area contributed by atoms with Crippen molar-refractivity contribution < 1.29 is 13.8 Å². The molecule has 0 saturated heterocycles. The van der Waals surface area contributed by atoms with Gasteiger partial charge in [-0.25, -0.2) is 9.37 Å². The maximum atomic E-state index is 14.2. The van der Waals surface area contributed by atoms with Gasteiger partial charge >= 0.3 is 0 Å². The third-order valence-corrected chi connectivity index (χ3v) is 5.48. The molecule has 3 aromatic rings. The molecule has 0 amide bonds. The van der Waals surface area contributed by atoms with Crippen LogP contribution in [0.15, 0.2) is 41.8 Å². The largest absolute Gasteiger partial charge is 0.482 e. The van der Waals surface area contributed by atoms with E-state index < -0.39 is 12.0 Å². The average molecular weight is 416 g/mol. The van der Waals surface area contributed by atoms with E-state index in [1.54, 1.807) is 33.9 Å². The molecule has 2 atom stereocenters. The van der Waals surface area contributed by atoms with Crippen molar-refractivity contribution in [1.82, 2.24) is 14.8 Å². The number of hydrogen-bond acceptors (Lipinski definition) is 6. The summed E-state index contributed by atoms with van der Waals surface area (Å²) in [4.78, 5) is 4.26. The first kappa shape index (κ1) is 18.9. The Labute approximate surface area is 177 Å². The van der Waals surface area contributed by atoms with Gasteiger partial charge in [-0.05, 0) is 36.3 Å². The quantitative estimate of drug-likeness (QED) is 0.568. The number of benzene rings is 1. The average Bonchev–Trinajstić information content (AvgIpc) is 3.32. The molecule has 2 N–H and O–H groups in total. The third-order valence-electron chi connectivity index (χ3n) is 5.48. The lowest BCUT2D eigenvalue weighted by Gasteiger charge is -2.20. The highest BCUT2D eigenvalue weighted by atomic mass is 19.1. The summed E-state index contributed by atoms with van der Waals surface area (Å²) in [6.45, 7) is 2.22. The Morgan fingerprint density at radius 2 is 2.19 bits per heavy atom. The lowest BCUT2D eigenvalue weighted by atomic mass is 9.97. The molecular formula is C22H19FN7O+. The normalized spacial score (nSPS) is 19.4. The highest BCUT2D eigenvalue weighted by molar-refractivity contribution is 6.10. The maximum Gasteiger partial charge on any atom is 0.240 e. The second kappa shape index (κ2) is 7.02. The molecule has 5 rings (SSSR count). The molecule has 31 heavy (non-hydrogen) atoms. The number of nitrogen functional groups attached to an aromatic ring is 1. The molecule has 8 nitrogen and oxygen atoms in total. The number of halogens is 1. The number of nitrogens with zero attached hydrogens (tertiary/aromatic N) is 6. The van der Waals surface area contributed by atoms with Gasteiger partial charge in [-0.1, -0.05) is 4.68 Å². The molecule has 0 spiro atoms. The summed E-state index contributed by atoms with van der Waals surface area (Å²) in [6, 6.07) is 8.59. The number of pyridine rings is 1. The summed E-state index contributed by atoms with van der Waals surface area (Å²) >= 11 is 0. The molecule has 2 aliphatic heterocycles. The standard InChI is InChI=1S/C22H18FN7O/c1-12-18-6-16(23)3-4-17(18)20-15(10-29(2)28-20)11-30-21(14(7-24)9-27-30)13-5-19(31-12)22(25)26-8-13/h3-6,8-10,12,14,25H,11H2,1-2H3/p+1/t12-,14?/m1/s1. The van der Waals surface area contributed by atoms with E-state index in [4.69, 9.17) is 10.5 Å². The molecule has 0 radical (unpaired) electrons. The Hall–Kier alpha value is -4.06. The molecule has 2 aliphatic rings. The lowest BCUT2D eigenvalue weighted by molar-refractivity contribution is -0.546. The first-order valence-electron chi connectivity index (χ1n) is 9.77. The van der Waals surface area contributed by atoms with Gasteiger partial charge in [0.05, 0.1) is 23.4 Å². The van der Waals surface area contributed by atoms with Gasteiger partial charge in [0.15, 0.2) is 17.5 Å². The van der Waals surface area contributed by atoms with Crippen molar-refractivity contribution in [3.05, 3.63) is 59.2 Å². The highest BCUT2D eigenvalue weighted by Gasteiger charge is 2.35. The number of fused-ring (bicyclic) bond motifs is 6. The number of nitriles is 1. The van der Waals surface area contributed by atoms with E-state index in [1.807, 2.05) is 20.2 Å². The molecule has 9 heteroatoms. The Morgan fingerprint density at radius 1 is 1.35 bits per heavy atom. The van der Waals surface area contributed by atoms with Crippen LogP contribution in [-0.2, 0) is 13.6 Å². The third kappa shape index (κ3) is 3.13. The van der Waals surface area contributed by atoms with Crippen LogP contribution in [0.2, 0.25) is 0 Å². The number of aromatic nitrogens is 3. The van der Waals surface area contributed by atoms with Crippen molar-refractivity contribution in [1.29, 1.82) is 5.26 Å². The minimum absolute atomic E-state index is 0.212. The van der Waals surface area contributed by atoms with E-state index in [0.29, 0.717) is 34.8 Å². The maximum absolute atomic E-state index is 14.2. The molecule has 4 heterocycles. The fourth-order valence-corrected chi connectivity index (χ4v) is 4.06. The zero-order chi connectivity index (χ0) is 21.7. The van der Waals surface area contributed by atoms with E-state index in [0.717, 1.165) is 11.1 Å². The first-order chi connectivity index (χ1) is 14.9. The molecule has 1 aromatic carbocycles.